The lowest BCUT2D eigenvalue weighted by atomic mass is 10.1. The number of methoxy groups -OCH3 is 1. The molecule has 0 radical (unpaired) electrons. The van der Waals surface area contributed by atoms with Gasteiger partial charge >= 0.3 is 0 Å². The highest BCUT2D eigenvalue weighted by Crippen LogP contribution is 2.28. The van der Waals surface area contributed by atoms with E-state index in [1.807, 2.05) is 29.3 Å². The van der Waals surface area contributed by atoms with E-state index in [2.05, 4.69) is 36.6 Å². The number of hydrogen-bond acceptors (Lipinski definition) is 4. The van der Waals surface area contributed by atoms with Crippen LogP contribution in [0.25, 0.3) is 17.0 Å². The molecule has 5 heteroatoms. The van der Waals surface area contributed by atoms with Crippen LogP contribution in [0.15, 0.2) is 54.6 Å². The van der Waals surface area contributed by atoms with Gasteiger partial charge in [0.05, 0.1) is 12.6 Å². The van der Waals surface area contributed by atoms with Crippen molar-refractivity contribution >= 4 is 28.7 Å². The van der Waals surface area contributed by atoms with Gasteiger partial charge < -0.3 is 4.74 Å². The topological polar surface area (TPSA) is 54.5 Å². The molecule has 0 spiro atoms. The Balaban J connectivity index is 1.49. The number of carbonyl (C=O) groups is 1. The summed E-state index contributed by atoms with van der Waals surface area (Å²) in [6, 6.07) is 16.0. The number of aromatic nitrogens is 1. The molecule has 1 N–H and O–H groups in total. The number of hydrogen-bond donors (Lipinski definition) is 1. The lowest BCUT2D eigenvalue weighted by molar-refractivity contribution is -0.116. The maximum atomic E-state index is 12.3. The van der Waals surface area contributed by atoms with Crippen molar-refractivity contribution in [1.29, 1.82) is 0 Å². The molecule has 1 aliphatic heterocycles. The van der Waals surface area contributed by atoms with E-state index in [9.17, 15) is 4.79 Å². The van der Waals surface area contributed by atoms with Gasteiger partial charge in [-0.2, -0.15) is 0 Å². The molecular formula is C22H21N3O2. The third-order valence-corrected chi connectivity index (χ3v) is 4.68. The van der Waals surface area contributed by atoms with E-state index < -0.39 is 0 Å². The predicted octanol–water partition coefficient (Wildman–Crippen LogP) is 3.66. The molecule has 0 atom stereocenters. The largest absolute Gasteiger partial charge is 0.497 e. The highest BCUT2D eigenvalue weighted by molar-refractivity contribution is 5.93. The van der Waals surface area contributed by atoms with Crippen LogP contribution in [0, 0.1) is 6.92 Å². The van der Waals surface area contributed by atoms with Crippen LogP contribution in [0.1, 0.15) is 16.7 Å². The molecule has 2 heterocycles. The van der Waals surface area contributed by atoms with Gasteiger partial charge in [-0.1, -0.05) is 24.3 Å². The zero-order valence-electron chi connectivity index (χ0n) is 15.4. The van der Waals surface area contributed by atoms with Crippen molar-refractivity contribution in [3.8, 4) is 5.75 Å². The number of benzene rings is 2. The minimum Gasteiger partial charge on any atom is -0.497 e. The van der Waals surface area contributed by atoms with E-state index in [0.29, 0.717) is 0 Å². The smallest absolute Gasteiger partial charge is 0.262 e. The first kappa shape index (κ1) is 17.1. The summed E-state index contributed by atoms with van der Waals surface area (Å²) in [6.07, 6.45) is 4.18. The van der Waals surface area contributed by atoms with E-state index in [1.165, 1.54) is 11.6 Å². The number of amides is 1. The van der Waals surface area contributed by atoms with Crippen molar-refractivity contribution in [1.82, 2.24) is 10.4 Å². The minimum atomic E-state index is -0.176. The Morgan fingerprint density at radius 2 is 2.00 bits per heavy atom. The number of fused-ring (bicyclic) bond motifs is 2. The Kier molecular flexibility index (Phi) is 4.50. The number of hydrazine groups is 1. The minimum absolute atomic E-state index is 0.176. The first-order chi connectivity index (χ1) is 13.1. The first-order valence-corrected chi connectivity index (χ1v) is 8.93. The molecule has 0 fully saturated rings. The molecular weight excluding hydrogens is 338 g/mol. The van der Waals surface area contributed by atoms with E-state index in [4.69, 9.17) is 9.72 Å². The van der Waals surface area contributed by atoms with Gasteiger partial charge in [-0.05, 0) is 60.4 Å². The number of rotatable bonds is 4. The van der Waals surface area contributed by atoms with Crippen molar-refractivity contribution in [2.24, 2.45) is 0 Å². The molecule has 0 saturated carbocycles. The quantitative estimate of drug-likeness (QED) is 0.723. The molecule has 2 aromatic carbocycles. The summed E-state index contributed by atoms with van der Waals surface area (Å²) in [6.45, 7) is 2.78. The van der Waals surface area contributed by atoms with Crippen LogP contribution >= 0.6 is 0 Å². The number of aryl methyl sites for hydroxylation is 1. The summed E-state index contributed by atoms with van der Waals surface area (Å²) in [4.78, 5) is 17.1. The van der Waals surface area contributed by atoms with E-state index in [1.54, 1.807) is 13.2 Å². The summed E-state index contributed by atoms with van der Waals surface area (Å²) in [5, 5.41) is 2.96. The molecule has 27 heavy (non-hydrogen) atoms. The van der Waals surface area contributed by atoms with Gasteiger partial charge in [0.2, 0.25) is 0 Å². The fourth-order valence-electron chi connectivity index (χ4n) is 3.23. The van der Waals surface area contributed by atoms with Gasteiger partial charge in [-0.3, -0.25) is 15.2 Å². The number of nitrogens with zero attached hydrogens (tertiary/aromatic N) is 2. The lowest BCUT2D eigenvalue weighted by Crippen LogP contribution is -2.40. The third kappa shape index (κ3) is 3.62. The summed E-state index contributed by atoms with van der Waals surface area (Å²) >= 11 is 0. The van der Waals surface area contributed by atoms with Gasteiger partial charge in [0.15, 0.2) is 5.82 Å². The normalized spacial score (nSPS) is 13.2. The van der Waals surface area contributed by atoms with Crippen molar-refractivity contribution < 1.29 is 9.53 Å². The molecule has 136 valence electrons. The average Bonchev–Trinajstić information content (AvgIpc) is 3.06. The highest BCUT2D eigenvalue weighted by Gasteiger charge is 2.22. The number of nitrogens with one attached hydrogen (secondary N) is 1. The lowest BCUT2D eigenvalue weighted by Gasteiger charge is -2.18. The van der Waals surface area contributed by atoms with Gasteiger partial charge in [0.1, 0.15) is 5.75 Å². The predicted molar refractivity (Wildman–Crippen MR) is 108 cm³/mol. The molecule has 1 aromatic heterocycles. The SMILES string of the molecule is COc1ccc(C=CC(=O)NN2CCc3cc4ccc(C)cc4nc32)cc1. The van der Waals surface area contributed by atoms with Gasteiger partial charge in [0, 0.05) is 18.0 Å². The third-order valence-electron chi connectivity index (χ3n) is 4.68. The Hall–Kier alpha value is -3.34. The molecule has 0 saturated heterocycles. The molecule has 4 rings (SSSR count). The zero-order chi connectivity index (χ0) is 18.8. The molecule has 1 amide bonds. The van der Waals surface area contributed by atoms with Crippen LogP contribution in [-0.2, 0) is 11.2 Å². The molecule has 0 bridgehead atoms. The van der Waals surface area contributed by atoms with Crippen molar-refractivity contribution in [2.75, 3.05) is 18.7 Å². The molecule has 5 nitrogen and oxygen atoms in total. The first-order valence-electron chi connectivity index (χ1n) is 8.93. The molecule has 3 aromatic rings. The van der Waals surface area contributed by atoms with Crippen LogP contribution in [0.2, 0.25) is 0 Å². The Labute approximate surface area is 158 Å². The second-order valence-electron chi connectivity index (χ2n) is 6.65. The van der Waals surface area contributed by atoms with Gasteiger partial charge in [0.25, 0.3) is 5.91 Å². The van der Waals surface area contributed by atoms with E-state index in [-0.39, 0.29) is 5.91 Å². The zero-order valence-corrected chi connectivity index (χ0v) is 15.4. The second kappa shape index (κ2) is 7.11. The molecule has 0 unspecified atom stereocenters. The number of carbonyl (C=O) groups excluding carboxylic acids is 1. The number of anilines is 1. The molecule has 0 aliphatic carbocycles. The fraction of sp³-hybridized carbons (Fsp3) is 0.182. The average molecular weight is 359 g/mol. The Morgan fingerprint density at radius 3 is 2.78 bits per heavy atom. The fourth-order valence-corrected chi connectivity index (χ4v) is 3.23. The second-order valence-corrected chi connectivity index (χ2v) is 6.65. The summed E-state index contributed by atoms with van der Waals surface area (Å²) in [7, 11) is 1.63. The van der Waals surface area contributed by atoms with Crippen molar-refractivity contribution in [3.63, 3.8) is 0 Å². The monoisotopic (exact) mass is 359 g/mol. The van der Waals surface area contributed by atoms with Crippen LogP contribution in [-0.4, -0.2) is 24.5 Å². The Bertz CT molecular complexity index is 1030. The molecule has 1 aliphatic rings. The maximum absolute atomic E-state index is 12.3. The van der Waals surface area contributed by atoms with Crippen LogP contribution in [0.3, 0.4) is 0 Å². The summed E-state index contributed by atoms with van der Waals surface area (Å²) < 4.78 is 5.14. The summed E-state index contributed by atoms with van der Waals surface area (Å²) in [5.74, 6) is 1.45. The highest BCUT2D eigenvalue weighted by atomic mass is 16.5. The van der Waals surface area contributed by atoms with Crippen molar-refractivity contribution in [2.45, 2.75) is 13.3 Å². The van der Waals surface area contributed by atoms with Gasteiger partial charge in [-0.15, -0.1) is 0 Å². The van der Waals surface area contributed by atoms with E-state index >= 15 is 0 Å². The summed E-state index contributed by atoms with van der Waals surface area (Å²) in [5.41, 5.74) is 7.14. The standard InChI is InChI=1S/C22H21N3O2/c1-15-3-7-17-14-18-11-12-25(22(18)23-20(17)13-15)24-21(26)10-6-16-4-8-19(27-2)9-5-16/h3-10,13-14H,11-12H2,1-2H3,(H,24,26). The van der Waals surface area contributed by atoms with E-state index in [0.717, 1.165) is 46.6 Å². The van der Waals surface area contributed by atoms with Crippen molar-refractivity contribution in [3.05, 3.63) is 71.3 Å². The maximum Gasteiger partial charge on any atom is 0.262 e. The Morgan fingerprint density at radius 1 is 1.19 bits per heavy atom. The van der Waals surface area contributed by atoms with Crippen LogP contribution in [0.4, 0.5) is 5.82 Å². The number of ether oxygens (including phenoxy) is 1. The van der Waals surface area contributed by atoms with Crippen LogP contribution in [0.5, 0.6) is 5.75 Å². The number of pyridine rings is 1. The van der Waals surface area contributed by atoms with Gasteiger partial charge in [-0.25, -0.2) is 4.98 Å². The van der Waals surface area contributed by atoms with Crippen LogP contribution < -0.4 is 15.2 Å².